The number of hydrogen-bond donors (Lipinski definition) is 3. The van der Waals surface area contributed by atoms with Crippen molar-refractivity contribution in [1.82, 2.24) is 10.6 Å². The maximum absolute atomic E-state index is 11.5. The molecule has 2 atom stereocenters. The Morgan fingerprint density at radius 1 is 1.53 bits per heavy atom. The highest BCUT2D eigenvalue weighted by atomic mass is 32.1. The molecule has 1 rings (SSSR count). The first-order chi connectivity index (χ1) is 8.13. The fourth-order valence-electron chi connectivity index (χ4n) is 1.46. The lowest BCUT2D eigenvalue weighted by molar-refractivity contribution is 0.230. The minimum absolute atomic E-state index is 0.00274. The van der Waals surface area contributed by atoms with Crippen molar-refractivity contribution in [3.05, 3.63) is 22.4 Å². The first kappa shape index (κ1) is 14.0. The minimum atomic E-state index is -0.172. The quantitative estimate of drug-likeness (QED) is 0.728. The molecule has 3 N–H and O–H groups in total. The van der Waals surface area contributed by atoms with Gasteiger partial charge >= 0.3 is 6.03 Å². The number of nitrogens with one attached hydrogen (secondary N) is 2. The van der Waals surface area contributed by atoms with Crippen LogP contribution in [0.15, 0.2) is 17.5 Å². The maximum Gasteiger partial charge on any atom is 0.315 e. The summed E-state index contributed by atoms with van der Waals surface area (Å²) < 4.78 is 0. The van der Waals surface area contributed by atoms with Crippen molar-refractivity contribution in [2.24, 2.45) is 0 Å². The van der Waals surface area contributed by atoms with Crippen LogP contribution in [-0.2, 0) is 0 Å². The Balaban J connectivity index is 2.24. The van der Waals surface area contributed by atoms with Gasteiger partial charge in [0.15, 0.2) is 0 Å². The van der Waals surface area contributed by atoms with Gasteiger partial charge in [-0.2, -0.15) is 0 Å². The van der Waals surface area contributed by atoms with Crippen LogP contribution in [-0.4, -0.2) is 30.3 Å². The summed E-state index contributed by atoms with van der Waals surface area (Å²) in [6, 6.07) is 3.91. The number of carbonyl (C=O) groups excluding carboxylic acids is 1. The summed E-state index contributed by atoms with van der Waals surface area (Å²) in [5, 5.41) is 16.4. The second-order valence-electron chi connectivity index (χ2n) is 4.18. The molecule has 1 unspecified atom stereocenters. The summed E-state index contributed by atoms with van der Waals surface area (Å²) in [5.74, 6) is 0.328. The molecule has 0 saturated heterocycles. The number of urea groups is 1. The van der Waals surface area contributed by atoms with E-state index in [1.165, 1.54) is 4.88 Å². The van der Waals surface area contributed by atoms with Gasteiger partial charge in [0.1, 0.15) is 0 Å². The highest BCUT2D eigenvalue weighted by Gasteiger charge is 2.10. The normalized spacial score (nSPS) is 14.1. The van der Waals surface area contributed by atoms with Crippen molar-refractivity contribution in [2.45, 2.75) is 32.2 Å². The van der Waals surface area contributed by atoms with E-state index in [-0.39, 0.29) is 18.7 Å². The number of hydrogen-bond acceptors (Lipinski definition) is 3. The first-order valence-corrected chi connectivity index (χ1v) is 6.70. The van der Waals surface area contributed by atoms with Crippen LogP contribution in [0.3, 0.4) is 0 Å². The highest BCUT2D eigenvalue weighted by molar-refractivity contribution is 7.10. The maximum atomic E-state index is 11.5. The van der Waals surface area contributed by atoms with Crippen molar-refractivity contribution in [3.63, 3.8) is 0 Å². The molecule has 0 fully saturated rings. The molecule has 0 aliphatic carbocycles. The zero-order valence-corrected chi connectivity index (χ0v) is 11.1. The molecule has 0 aromatic carbocycles. The summed E-state index contributed by atoms with van der Waals surface area (Å²) in [4.78, 5) is 12.8. The standard InChI is InChI=1S/C12H20N2O2S/c1-9(11-4-3-7-17-11)8-13-12(16)14-10(2)5-6-15/h3-4,7,9-10,15H,5-6,8H2,1-2H3,(H2,13,14,16)/t9?,10-/m1/s1. The summed E-state index contributed by atoms with van der Waals surface area (Å²) in [5.41, 5.74) is 0. The van der Waals surface area contributed by atoms with Crippen LogP contribution >= 0.6 is 11.3 Å². The third-order valence-electron chi connectivity index (χ3n) is 2.54. The Morgan fingerprint density at radius 2 is 2.29 bits per heavy atom. The van der Waals surface area contributed by atoms with E-state index in [0.29, 0.717) is 18.9 Å². The van der Waals surface area contributed by atoms with Gasteiger partial charge in [0.05, 0.1) is 0 Å². The predicted molar refractivity (Wildman–Crippen MR) is 70.4 cm³/mol. The van der Waals surface area contributed by atoms with E-state index in [1.54, 1.807) is 11.3 Å². The number of thiophene rings is 1. The Labute approximate surface area is 106 Å². The molecule has 0 bridgehead atoms. The molecule has 1 aromatic rings. The minimum Gasteiger partial charge on any atom is -0.396 e. The molecule has 96 valence electrons. The molecule has 0 aliphatic rings. The fourth-order valence-corrected chi connectivity index (χ4v) is 2.25. The number of aliphatic hydroxyl groups is 1. The molecule has 5 heteroatoms. The molecular formula is C12H20N2O2S. The highest BCUT2D eigenvalue weighted by Crippen LogP contribution is 2.19. The molecule has 1 heterocycles. The molecule has 17 heavy (non-hydrogen) atoms. The summed E-state index contributed by atoms with van der Waals surface area (Å²) in [6.45, 7) is 4.67. The number of aliphatic hydroxyl groups excluding tert-OH is 1. The van der Waals surface area contributed by atoms with E-state index >= 15 is 0 Å². The van der Waals surface area contributed by atoms with Gasteiger partial charge in [0.25, 0.3) is 0 Å². The third kappa shape index (κ3) is 5.19. The Hall–Kier alpha value is -1.07. The molecule has 0 spiro atoms. The van der Waals surface area contributed by atoms with Gasteiger partial charge in [0.2, 0.25) is 0 Å². The second-order valence-corrected chi connectivity index (χ2v) is 5.16. The molecule has 2 amide bonds. The number of rotatable bonds is 6. The summed E-state index contributed by atoms with van der Waals surface area (Å²) >= 11 is 1.70. The van der Waals surface area contributed by atoms with Gasteiger partial charge in [-0.15, -0.1) is 11.3 Å². The van der Waals surface area contributed by atoms with Gasteiger partial charge in [-0.3, -0.25) is 0 Å². The van der Waals surface area contributed by atoms with Crippen LogP contribution in [0.25, 0.3) is 0 Å². The zero-order chi connectivity index (χ0) is 12.7. The van der Waals surface area contributed by atoms with E-state index < -0.39 is 0 Å². The smallest absolute Gasteiger partial charge is 0.315 e. The molecule has 1 aromatic heterocycles. The molecule has 4 nitrogen and oxygen atoms in total. The molecule has 0 aliphatic heterocycles. The molecule has 0 saturated carbocycles. The number of amides is 2. The van der Waals surface area contributed by atoms with Gasteiger partial charge in [-0.25, -0.2) is 4.79 Å². The summed E-state index contributed by atoms with van der Waals surface area (Å²) in [6.07, 6.45) is 0.577. The van der Waals surface area contributed by atoms with Crippen LogP contribution in [0.1, 0.15) is 31.1 Å². The van der Waals surface area contributed by atoms with Crippen LogP contribution in [0, 0.1) is 0 Å². The SMILES string of the molecule is CC(CNC(=O)N[C@H](C)CCO)c1cccs1. The predicted octanol–water partition coefficient (Wildman–Crippen LogP) is 1.92. The van der Waals surface area contributed by atoms with Crippen LogP contribution in [0.2, 0.25) is 0 Å². The average molecular weight is 256 g/mol. The molecule has 0 radical (unpaired) electrons. The lowest BCUT2D eigenvalue weighted by atomic mass is 10.1. The Kier molecular flexibility index (Phi) is 6.00. The Bertz CT molecular complexity index is 327. The second kappa shape index (κ2) is 7.29. The van der Waals surface area contributed by atoms with Gasteiger partial charge in [0, 0.05) is 30.0 Å². The van der Waals surface area contributed by atoms with E-state index in [1.807, 2.05) is 18.4 Å². The van der Waals surface area contributed by atoms with Crippen LogP contribution in [0.5, 0.6) is 0 Å². The third-order valence-corrected chi connectivity index (χ3v) is 3.64. The van der Waals surface area contributed by atoms with Crippen molar-refractivity contribution in [1.29, 1.82) is 0 Å². The largest absolute Gasteiger partial charge is 0.396 e. The topological polar surface area (TPSA) is 61.4 Å². The average Bonchev–Trinajstić information content (AvgIpc) is 2.79. The van der Waals surface area contributed by atoms with Gasteiger partial charge in [-0.1, -0.05) is 13.0 Å². The van der Waals surface area contributed by atoms with Crippen molar-refractivity contribution in [2.75, 3.05) is 13.2 Å². The van der Waals surface area contributed by atoms with E-state index in [4.69, 9.17) is 5.11 Å². The van der Waals surface area contributed by atoms with Crippen molar-refractivity contribution >= 4 is 17.4 Å². The zero-order valence-electron chi connectivity index (χ0n) is 10.3. The van der Waals surface area contributed by atoms with E-state index in [2.05, 4.69) is 23.6 Å². The Morgan fingerprint density at radius 3 is 2.88 bits per heavy atom. The molecular weight excluding hydrogens is 236 g/mol. The summed E-state index contributed by atoms with van der Waals surface area (Å²) in [7, 11) is 0. The monoisotopic (exact) mass is 256 g/mol. The van der Waals surface area contributed by atoms with Crippen molar-refractivity contribution < 1.29 is 9.90 Å². The van der Waals surface area contributed by atoms with Gasteiger partial charge < -0.3 is 15.7 Å². The fraction of sp³-hybridized carbons (Fsp3) is 0.583. The number of carbonyl (C=O) groups is 1. The van der Waals surface area contributed by atoms with E-state index in [0.717, 1.165) is 0 Å². The van der Waals surface area contributed by atoms with Crippen LogP contribution in [0.4, 0.5) is 4.79 Å². The van der Waals surface area contributed by atoms with E-state index in [9.17, 15) is 4.79 Å². The first-order valence-electron chi connectivity index (χ1n) is 5.82. The lowest BCUT2D eigenvalue weighted by Gasteiger charge is -2.15. The van der Waals surface area contributed by atoms with Crippen LogP contribution < -0.4 is 10.6 Å². The lowest BCUT2D eigenvalue weighted by Crippen LogP contribution is -2.42. The van der Waals surface area contributed by atoms with Gasteiger partial charge in [-0.05, 0) is 24.8 Å². The van der Waals surface area contributed by atoms with Crippen molar-refractivity contribution in [3.8, 4) is 0 Å².